The maximum absolute atomic E-state index is 12.7. The molecule has 3 rings (SSSR count). The number of ketones is 1. The second kappa shape index (κ2) is 5.17. The van der Waals surface area contributed by atoms with Crippen LogP contribution in [0.4, 0.5) is 0 Å². The second-order valence-electron chi connectivity index (χ2n) is 4.89. The van der Waals surface area contributed by atoms with Gasteiger partial charge in [0.2, 0.25) is 0 Å². The molecule has 0 saturated heterocycles. The van der Waals surface area contributed by atoms with Crippen LogP contribution in [-0.2, 0) is 11.3 Å². The molecule has 1 fully saturated rings. The Morgan fingerprint density at radius 2 is 1.95 bits per heavy atom. The first-order valence-electron chi connectivity index (χ1n) is 6.44. The van der Waals surface area contributed by atoms with Gasteiger partial charge in [-0.15, -0.1) is 0 Å². The van der Waals surface area contributed by atoms with Crippen molar-refractivity contribution in [2.45, 2.75) is 25.7 Å². The van der Waals surface area contributed by atoms with Crippen LogP contribution >= 0.6 is 0 Å². The van der Waals surface area contributed by atoms with Crippen LogP contribution in [0.2, 0.25) is 0 Å². The third kappa shape index (κ3) is 2.25. The smallest absolute Gasteiger partial charge is 0.198 e. The summed E-state index contributed by atoms with van der Waals surface area (Å²) in [5.41, 5.74) is 1.72. The molecular formula is C15H13NO3S. The van der Waals surface area contributed by atoms with Crippen LogP contribution in [0, 0.1) is 0 Å². The molecule has 0 N–H and O–H groups in total. The van der Waals surface area contributed by atoms with Crippen molar-refractivity contribution in [3.05, 3.63) is 52.9 Å². The maximum atomic E-state index is 12.7. The number of hydrogen-bond donors (Lipinski definition) is 0. The van der Waals surface area contributed by atoms with Crippen molar-refractivity contribution in [1.82, 2.24) is 5.16 Å². The first-order chi connectivity index (χ1) is 9.72. The fourth-order valence-corrected chi connectivity index (χ4v) is 2.50. The molecule has 0 atom stereocenters. The van der Waals surface area contributed by atoms with Crippen LogP contribution in [0.5, 0.6) is 0 Å². The molecule has 20 heavy (non-hydrogen) atoms. The molecular weight excluding hydrogens is 274 g/mol. The summed E-state index contributed by atoms with van der Waals surface area (Å²) < 4.78 is 16.2. The molecule has 2 aromatic rings. The highest BCUT2D eigenvalue weighted by atomic mass is 32.1. The van der Waals surface area contributed by atoms with E-state index in [2.05, 4.69) is 5.16 Å². The van der Waals surface area contributed by atoms with Gasteiger partial charge >= 0.3 is 0 Å². The van der Waals surface area contributed by atoms with E-state index in [0.717, 1.165) is 12.8 Å². The van der Waals surface area contributed by atoms with E-state index in [1.807, 2.05) is 6.07 Å². The molecule has 0 aliphatic heterocycles. The van der Waals surface area contributed by atoms with Crippen molar-refractivity contribution in [3.8, 4) is 0 Å². The van der Waals surface area contributed by atoms with Gasteiger partial charge in [0.25, 0.3) is 0 Å². The number of benzene rings is 1. The minimum absolute atomic E-state index is 0.128. The molecule has 0 radical (unpaired) electrons. The highest BCUT2D eigenvalue weighted by Crippen LogP contribution is 2.42. The minimum Gasteiger partial charge on any atom is -0.360 e. The summed E-state index contributed by atoms with van der Waals surface area (Å²) in [6.45, 7) is 1.72. The molecule has 1 aromatic heterocycles. The van der Waals surface area contributed by atoms with Crippen molar-refractivity contribution < 1.29 is 13.5 Å². The summed E-state index contributed by atoms with van der Waals surface area (Å²) >= 11 is 0.405. The van der Waals surface area contributed by atoms with Crippen molar-refractivity contribution in [1.29, 1.82) is 0 Å². The van der Waals surface area contributed by atoms with Gasteiger partial charge in [0.1, 0.15) is 0 Å². The molecule has 0 bridgehead atoms. The predicted molar refractivity (Wildman–Crippen MR) is 76.3 cm³/mol. The van der Waals surface area contributed by atoms with E-state index in [4.69, 9.17) is 4.52 Å². The summed E-state index contributed by atoms with van der Waals surface area (Å²) in [6.07, 6.45) is 3.56. The minimum atomic E-state index is -0.128. The molecule has 4 nitrogen and oxygen atoms in total. The Labute approximate surface area is 119 Å². The lowest BCUT2D eigenvalue weighted by atomic mass is 9.96. The molecule has 1 aliphatic carbocycles. The summed E-state index contributed by atoms with van der Waals surface area (Å²) in [5, 5.41) is 3.76. The van der Waals surface area contributed by atoms with Crippen LogP contribution < -0.4 is 0 Å². The lowest BCUT2D eigenvalue weighted by molar-refractivity contribution is 0.103. The number of carbonyl (C=O) groups is 1. The summed E-state index contributed by atoms with van der Waals surface area (Å²) in [6, 6.07) is 7.14. The third-order valence-corrected chi connectivity index (χ3v) is 3.94. The quantitative estimate of drug-likeness (QED) is 0.640. The molecule has 0 spiro atoms. The standard InChI is InChI=1S/C15H13NO3S/c1-9(20-18)11-4-2-3-5-12(11)14(17)13-8-16-19-15(13)10-6-7-10/h2-5,8,10H,6-7H2,1H3. The molecule has 1 aliphatic rings. The van der Waals surface area contributed by atoms with Crippen molar-refractivity contribution in [2.24, 2.45) is 0 Å². The van der Waals surface area contributed by atoms with Gasteiger partial charge in [-0.05, 0) is 19.8 Å². The average molecular weight is 287 g/mol. The molecule has 1 aromatic carbocycles. The molecule has 102 valence electrons. The van der Waals surface area contributed by atoms with E-state index in [9.17, 15) is 9.00 Å². The van der Waals surface area contributed by atoms with Crippen molar-refractivity contribution >= 4 is 21.9 Å². The second-order valence-corrected chi connectivity index (χ2v) is 5.67. The van der Waals surface area contributed by atoms with Gasteiger partial charge in [0.05, 0.1) is 27.9 Å². The van der Waals surface area contributed by atoms with Gasteiger partial charge < -0.3 is 4.52 Å². The number of rotatable bonds is 4. The van der Waals surface area contributed by atoms with Crippen LogP contribution in [0.3, 0.4) is 0 Å². The number of nitrogens with zero attached hydrogens (tertiary/aromatic N) is 1. The highest BCUT2D eigenvalue weighted by molar-refractivity contribution is 7.67. The predicted octanol–water partition coefficient (Wildman–Crippen LogP) is 2.54. The summed E-state index contributed by atoms with van der Waals surface area (Å²) in [5.74, 6) is 0.872. The Morgan fingerprint density at radius 1 is 1.25 bits per heavy atom. The largest absolute Gasteiger partial charge is 0.360 e. The number of hydrogen-bond acceptors (Lipinski definition) is 4. The van der Waals surface area contributed by atoms with Crippen molar-refractivity contribution in [2.75, 3.05) is 0 Å². The number of aromatic nitrogens is 1. The topological polar surface area (TPSA) is 60.2 Å². The zero-order valence-corrected chi connectivity index (χ0v) is 11.8. The zero-order valence-electron chi connectivity index (χ0n) is 11.0. The maximum Gasteiger partial charge on any atom is 0.198 e. The Balaban J connectivity index is 2.07. The molecule has 1 saturated carbocycles. The Hall–Kier alpha value is -2.01. The van der Waals surface area contributed by atoms with Gasteiger partial charge in [0.15, 0.2) is 11.5 Å². The van der Waals surface area contributed by atoms with Gasteiger partial charge in [-0.1, -0.05) is 29.4 Å². The lowest BCUT2D eigenvalue weighted by Gasteiger charge is -2.06. The monoisotopic (exact) mass is 287 g/mol. The van der Waals surface area contributed by atoms with E-state index in [1.165, 1.54) is 6.20 Å². The molecule has 5 heteroatoms. The SMILES string of the molecule is CC(=S=O)c1ccccc1C(=O)c1cnoc1C1CC1. The van der Waals surface area contributed by atoms with E-state index in [1.54, 1.807) is 25.1 Å². The van der Waals surface area contributed by atoms with Crippen LogP contribution in [0.1, 0.15) is 52.9 Å². The zero-order chi connectivity index (χ0) is 14.1. The normalized spacial score (nSPS) is 14.1. The first-order valence-corrected chi connectivity index (χ1v) is 7.18. The van der Waals surface area contributed by atoms with Gasteiger partial charge in [0, 0.05) is 17.0 Å². The van der Waals surface area contributed by atoms with Gasteiger partial charge in [-0.25, -0.2) is 4.21 Å². The number of carbonyl (C=O) groups excluding carboxylic acids is 1. The summed E-state index contributed by atoms with van der Waals surface area (Å²) in [7, 11) is 0. The van der Waals surface area contributed by atoms with E-state index in [-0.39, 0.29) is 5.78 Å². The van der Waals surface area contributed by atoms with Crippen LogP contribution in [0.15, 0.2) is 35.0 Å². The molecule has 1 heterocycles. The average Bonchev–Trinajstić information content (AvgIpc) is 3.23. The first kappa shape index (κ1) is 13.0. The van der Waals surface area contributed by atoms with Crippen molar-refractivity contribution in [3.63, 3.8) is 0 Å². The fraction of sp³-hybridized carbons (Fsp3) is 0.267. The van der Waals surface area contributed by atoms with E-state index in [0.29, 0.717) is 44.5 Å². The Kier molecular flexibility index (Phi) is 3.36. The lowest BCUT2D eigenvalue weighted by Crippen LogP contribution is -2.09. The van der Waals surface area contributed by atoms with E-state index >= 15 is 0 Å². The molecule has 0 unspecified atom stereocenters. The Bertz CT molecular complexity index is 724. The molecule has 0 amide bonds. The third-order valence-electron chi connectivity index (χ3n) is 3.47. The Morgan fingerprint density at radius 3 is 2.60 bits per heavy atom. The van der Waals surface area contributed by atoms with Gasteiger partial charge in [-0.2, -0.15) is 0 Å². The highest BCUT2D eigenvalue weighted by Gasteiger charge is 2.33. The summed E-state index contributed by atoms with van der Waals surface area (Å²) in [4.78, 5) is 13.3. The van der Waals surface area contributed by atoms with E-state index < -0.39 is 0 Å². The fourth-order valence-electron chi connectivity index (χ4n) is 2.24. The van der Waals surface area contributed by atoms with Crippen LogP contribution in [-0.4, -0.2) is 20.0 Å². The van der Waals surface area contributed by atoms with Crippen LogP contribution in [0.25, 0.3) is 0 Å². The van der Waals surface area contributed by atoms with Gasteiger partial charge in [-0.3, -0.25) is 4.79 Å².